The Bertz CT molecular complexity index is 661. The van der Waals surface area contributed by atoms with Gasteiger partial charge in [-0.25, -0.2) is 4.39 Å². The number of likely N-dealkylation sites (tertiary alicyclic amines) is 1. The Morgan fingerprint density at radius 3 is 2.83 bits per heavy atom. The van der Waals surface area contributed by atoms with Gasteiger partial charge in [0, 0.05) is 26.1 Å². The molecule has 0 amide bonds. The number of hydrogen-bond donors (Lipinski definition) is 1. The predicted octanol–water partition coefficient (Wildman–Crippen LogP) is 1.76. The summed E-state index contributed by atoms with van der Waals surface area (Å²) in [5.41, 5.74) is 0.746. The summed E-state index contributed by atoms with van der Waals surface area (Å²) in [6.07, 6.45) is 0.429. The van der Waals surface area contributed by atoms with Gasteiger partial charge in [-0.1, -0.05) is 17.3 Å². The van der Waals surface area contributed by atoms with E-state index in [2.05, 4.69) is 27.0 Å². The number of aliphatic hydroxyl groups excluding tert-OH is 1. The molecule has 3 rings (SSSR count). The van der Waals surface area contributed by atoms with Gasteiger partial charge in [0.05, 0.1) is 12.6 Å². The first kappa shape index (κ1) is 17.0. The van der Waals surface area contributed by atoms with Gasteiger partial charge in [0.2, 0.25) is 5.89 Å². The molecule has 2 heterocycles. The summed E-state index contributed by atoms with van der Waals surface area (Å²) in [6.45, 7) is 4.79. The molecule has 0 aliphatic carbocycles. The van der Waals surface area contributed by atoms with Crippen LogP contribution in [0.1, 0.15) is 29.8 Å². The van der Waals surface area contributed by atoms with Gasteiger partial charge >= 0.3 is 0 Å². The van der Waals surface area contributed by atoms with Gasteiger partial charge in [-0.15, -0.1) is 0 Å². The Morgan fingerprint density at radius 2 is 2.17 bits per heavy atom. The molecule has 0 unspecified atom stereocenters. The molecule has 1 saturated heterocycles. The van der Waals surface area contributed by atoms with Crippen molar-refractivity contribution in [3.8, 4) is 0 Å². The normalized spacial score (nSPS) is 20.0. The maximum Gasteiger partial charge on any atom is 0.223 e. The largest absolute Gasteiger partial charge is 0.387 e. The summed E-state index contributed by atoms with van der Waals surface area (Å²) < 4.78 is 18.0. The summed E-state index contributed by atoms with van der Waals surface area (Å²) in [5, 5.41) is 14.3. The van der Waals surface area contributed by atoms with E-state index in [0.717, 1.165) is 25.1 Å². The van der Waals surface area contributed by atoms with Crippen LogP contribution in [0, 0.1) is 12.7 Å². The fourth-order valence-corrected chi connectivity index (χ4v) is 3.13. The molecule has 24 heavy (non-hydrogen) atoms. The number of aromatic nitrogens is 2. The van der Waals surface area contributed by atoms with Crippen LogP contribution in [0.3, 0.4) is 0 Å². The van der Waals surface area contributed by atoms with E-state index in [1.165, 1.54) is 12.1 Å². The van der Waals surface area contributed by atoms with E-state index in [9.17, 15) is 9.50 Å². The number of rotatable bonds is 6. The van der Waals surface area contributed by atoms with Crippen molar-refractivity contribution in [1.29, 1.82) is 0 Å². The van der Waals surface area contributed by atoms with Crippen molar-refractivity contribution in [2.75, 3.05) is 26.7 Å². The predicted molar refractivity (Wildman–Crippen MR) is 86.7 cm³/mol. The minimum atomic E-state index is -0.602. The number of aliphatic hydroxyl groups is 1. The van der Waals surface area contributed by atoms with Crippen LogP contribution in [-0.4, -0.2) is 57.8 Å². The molecule has 1 aromatic heterocycles. The molecular weight excluding hydrogens is 311 g/mol. The van der Waals surface area contributed by atoms with Crippen molar-refractivity contribution >= 4 is 0 Å². The van der Waals surface area contributed by atoms with Crippen molar-refractivity contribution in [3.63, 3.8) is 0 Å². The lowest BCUT2D eigenvalue weighted by Crippen LogP contribution is -2.35. The fourth-order valence-electron chi connectivity index (χ4n) is 3.13. The first-order chi connectivity index (χ1) is 11.5. The maximum absolute atomic E-state index is 13.0. The Balaban J connectivity index is 1.50. The first-order valence-corrected chi connectivity index (χ1v) is 8.16. The Morgan fingerprint density at radius 1 is 1.42 bits per heavy atom. The molecule has 1 fully saturated rings. The van der Waals surface area contributed by atoms with Crippen LogP contribution < -0.4 is 0 Å². The van der Waals surface area contributed by atoms with Gasteiger partial charge in [0.15, 0.2) is 5.82 Å². The maximum atomic E-state index is 13.0. The second-order valence-corrected chi connectivity index (χ2v) is 6.41. The van der Waals surface area contributed by atoms with E-state index in [1.807, 2.05) is 0 Å². The number of β-amino-alcohol motifs (C(OH)–C–C–N with tert-alkyl or cyclic N) is 1. The molecule has 2 atom stereocenters. The van der Waals surface area contributed by atoms with E-state index in [0.29, 0.717) is 30.8 Å². The summed E-state index contributed by atoms with van der Waals surface area (Å²) in [7, 11) is 2.05. The zero-order valence-corrected chi connectivity index (χ0v) is 14.0. The molecule has 6 nitrogen and oxygen atoms in total. The lowest BCUT2D eigenvalue weighted by Gasteiger charge is -2.24. The summed E-state index contributed by atoms with van der Waals surface area (Å²) in [4.78, 5) is 8.68. The summed E-state index contributed by atoms with van der Waals surface area (Å²) >= 11 is 0. The van der Waals surface area contributed by atoms with Gasteiger partial charge in [-0.2, -0.15) is 4.98 Å². The zero-order chi connectivity index (χ0) is 17.1. The number of hydrogen-bond acceptors (Lipinski definition) is 6. The molecule has 1 aliphatic rings. The van der Waals surface area contributed by atoms with Crippen LogP contribution in [0.25, 0.3) is 0 Å². The van der Waals surface area contributed by atoms with Crippen molar-refractivity contribution in [2.24, 2.45) is 0 Å². The highest BCUT2D eigenvalue weighted by Gasteiger charge is 2.27. The summed E-state index contributed by atoms with van der Waals surface area (Å²) in [5.74, 6) is 0.985. The zero-order valence-electron chi connectivity index (χ0n) is 14.0. The number of halogens is 1. The molecule has 2 aromatic rings. The van der Waals surface area contributed by atoms with Crippen molar-refractivity contribution in [2.45, 2.75) is 32.0 Å². The Kier molecular flexibility index (Phi) is 5.23. The van der Waals surface area contributed by atoms with E-state index in [-0.39, 0.29) is 5.82 Å². The molecule has 7 heteroatoms. The van der Waals surface area contributed by atoms with Gasteiger partial charge < -0.3 is 9.63 Å². The third-order valence-electron chi connectivity index (χ3n) is 4.52. The number of benzene rings is 1. The average Bonchev–Trinajstić information content (AvgIpc) is 3.17. The molecular formula is C17H23FN4O2. The van der Waals surface area contributed by atoms with Crippen LogP contribution in [0.2, 0.25) is 0 Å². The third-order valence-corrected chi connectivity index (χ3v) is 4.52. The van der Waals surface area contributed by atoms with Gasteiger partial charge in [-0.05, 0) is 37.7 Å². The van der Waals surface area contributed by atoms with E-state index in [4.69, 9.17) is 4.52 Å². The highest BCUT2D eigenvalue weighted by Crippen LogP contribution is 2.20. The molecule has 1 N–H and O–H groups in total. The number of aryl methyl sites for hydroxylation is 1. The lowest BCUT2D eigenvalue weighted by molar-refractivity contribution is 0.120. The fraction of sp³-hybridized carbons (Fsp3) is 0.529. The summed E-state index contributed by atoms with van der Waals surface area (Å²) in [6, 6.07) is 6.43. The quantitative estimate of drug-likeness (QED) is 0.868. The lowest BCUT2D eigenvalue weighted by atomic mass is 10.1. The second kappa shape index (κ2) is 7.38. The number of nitrogens with zero attached hydrogens (tertiary/aromatic N) is 4. The van der Waals surface area contributed by atoms with Gasteiger partial charge in [0.25, 0.3) is 0 Å². The SMILES string of the molecule is Cc1nc(CN(C)[C@@H]2CCN(C[C@H](O)c3ccc(F)cc3)C2)no1. The number of likely N-dealkylation sites (N-methyl/N-ethyl adjacent to an activating group) is 1. The van der Waals surface area contributed by atoms with Crippen molar-refractivity contribution < 1.29 is 14.0 Å². The highest BCUT2D eigenvalue weighted by molar-refractivity contribution is 5.18. The van der Waals surface area contributed by atoms with Crippen molar-refractivity contribution in [3.05, 3.63) is 47.4 Å². The average molecular weight is 334 g/mol. The molecule has 130 valence electrons. The molecule has 0 saturated carbocycles. The van der Waals surface area contributed by atoms with Gasteiger partial charge in [0.1, 0.15) is 5.82 Å². The minimum absolute atomic E-state index is 0.287. The van der Waals surface area contributed by atoms with E-state index < -0.39 is 6.10 Å². The molecule has 0 bridgehead atoms. The Hall–Kier alpha value is -1.83. The van der Waals surface area contributed by atoms with Crippen LogP contribution in [-0.2, 0) is 6.54 Å². The van der Waals surface area contributed by atoms with E-state index in [1.54, 1.807) is 19.1 Å². The molecule has 1 aliphatic heterocycles. The van der Waals surface area contributed by atoms with Crippen LogP contribution in [0.4, 0.5) is 4.39 Å². The monoisotopic (exact) mass is 334 g/mol. The van der Waals surface area contributed by atoms with Gasteiger partial charge in [-0.3, -0.25) is 9.80 Å². The smallest absolute Gasteiger partial charge is 0.223 e. The second-order valence-electron chi connectivity index (χ2n) is 6.41. The Labute approximate surface area is 140 Å². The van der Waals surface area contributed by atoms with Crippen molar-refractivity contribution in [1.82, 2.24) is 19.9 Å². The van der Waals surface area contributed by atoms with Crippen LogP contribution >= 0.6 is 0 Å². The van der Waals surface area contributed by atoms with E-state index >= 15 is 0 Å². The molecule has 0 radical (unpaired) electrons. The highest BCUT2D eigenvalue weighted by atomic mass is 19.1. The minimum Gasteiger partial charge on any atom is -0.387 e. The van der Waals surface area contributed by atoms with Crippen LogP contribution in [0.5, 0.6) is 0 Å². The standard InChI is InChI=1S/C17H23FN4O2/c1-12-19-17(20-24-12)11-21(2)15-7-8-22(9-15)10-16(23)13-3-5-14(18)6-4-13/h3-6,15-16,23H,7-11H2,1-2H3/t15-,16+/m1/s1. The van der Waals surface area contributed by atoms with Crippen LogP contribution in [0.15, 0.2) is 28.8 Å². The first-order valence-electron chi connectivity index (χ1n) is 8.16. The molecule has 1 aromatic carbocycles. The third kappa shape index (κ3) is 4.17. The topological polar surface area (TPSA) is 65.6 Å². The molecule has 0 spiro atoms.